The van der Waals surface area contributed by atoms with Gasteiger partial charge in [0.15, 0.2) is 0 Å². The van der Waals surface area contributed by atoms with Crippen molar-refractivity contribution in [2.45, 2.75) is 20.3 Å². The first kappa shape index (κ1) is 15.7. The molecule has 4 N–H and O–H groups in total. The van der Waals surface area contributed by atoms with Crippen LogP contribution in [0.1, 0.15) is 33.2 Å². The Bertz CT molecular complexity index is 910. The molecule has 24 heavy (non-hydrogen) atoms. The van der Waals surface area contributed by atoms with Crippen LogP contribution in [0.2, 0.25) is 0 Å². The predicted molar refractivity (Wildman–Crippen MR) is 82.9 cm³/mol. The van der Waals surface area contributed by atoms with E-state index in [0.29, 0.717) is 33.8 Å². The van der Waals surface area contributed by atoms with Gasteiger partial charge in [0, 0.05) is 18.1 Å². The molecule has 0 aliphatic heterocycles. The summed E-state index contributed by atoms with van der Waals surface area (Å²) in [5, 5.41) is 19.9. The van der Waals surface area contributed by atoms with Crippen LogP contribution in [0.3, 0.4) is 0 Å². The van der Waals surface area contributed by atoms with Crippen molar-refractivity contribution in [3.8, 4) is 16.9 Å². The number of primary amides is 1. The molecule has 3 rings (SSSR count). The third kappa shape index (κ3) is 2.62. The number of aryl methyl sites for hydroxylation is 2. The number of nitrogens with one attached hydrogen (secondary N) is 1. The van der Waals surface area contributed by atoms with Crippen LogP contribution in [0.15, 0.2) is 22.7 Å². The number of benzene rings is 1. The van der Waals surface area contributed by atoms with Crippen molar-refractivity contribution in [3.05, 3.63) is 52.4 Å². The molecule has 1 amide bonds. The summed E-state index contributed by atoms with van der Waals surface area (Å²) in [6.45, 7) is 3.44. The average molecular weight is 330 g/mol. The number of aromatic nitrogens is 3. The molecular weight excluding hydrogens is 315 g/mol. The van der Waals surface area contributed by atoms with Crippen molar-refractivity contribution < 1.29 is 18.8 Å². The lowest BCUT2D eigenvalue weighted by molar-refractivity contribution is 0.0996. The number of aromatic amines is 1. The molecule has 0 atom stereocenters. The van der Waals surface area contributed by atoms with Crippen molar-refractivity contribution in [2.75, 3.05) is 0 Å². The third-order valence-corrected chi connectivity index (χ3v) is 3.77. The van der Waals surface area contributed by atoms with Gasteiger partial charge in [-0.15, -0.1) is 0 Å². The van der Waals surface area contributed by atoms with E-state index < -0.39 is 11.7 Å². The van der Waals surface area contributed by atoms with E-state index in [-0.39, 0.29) is 17.9 Å². The number of aromatic hydroxyl groups is 1. The Hall–Kier alpha value is -3.16. The second-order valence-corrected chi connectivity index (χ2v) is 5.44. The minimum Gasteiger partial charge on any atom is -0.508 e. The van der Waals surface area contributed by atoms with E-state index >= 15 is 0 Å². The van der Waals surface area contributed by atoms with Gasteiger partial charge in [-0.25, -0.2) is 4.39 Å². The van der Waals surface area contributed by atoms with Crippen molar-refractivity contribution in [2.24, 2.45) is 5.73 Å². The molecule has 0 bridgehead atoms. The summed E-state index contributed by atoms with van der Waals surface area (Å²) in [5.74, 6) is -0.913. The topological polar surface area (TPSA) is 118 Å². The van der Waals surface area contributed by atoms with Gasteiger partial charge >= 0.3 is 0 Å². The molecule has 7 nitrogen and oxygen atoms in total. The van der Waals surface area contributed by atoms with Gasteiger partial charge < -0.3 is 15.4 Å². The average Bonchev–Trinajstić information content (AvgIpc) is 3.05. The van der Waals surface area contributed by atoms with Gasteiger partial charge in [0.2, 0.25) is 0 Å². The fourth-order valence-electron chi connectivity index (χ4n) is 2.65. The number of hydrogen-bond donors (Lipinski definition) is 3. The van der Waals surface area contributed by atoms with Crippen molar-refractivity contribution in [3.63, 3.8) is 0 Å². The minimum atomic E-state index is -0.685. The Morgan fingerprint density at radius 2 is 2.12 bits per heavy atom. The monoisotopic (exact) mass is 330 g/mol. The Labute approximate surface area is 136 Å². The van der Waals surface area contributed by atoms with Crippen LogP contribution in [0.25, 0.3) is 11.1 Å². The second kappa shape index (κ2) is 5.80. The quantitative estimate of drug-likeness (QED) is 0.678. The highest BCUT2D eigenvalue weighted by atomic mass is 19.1. The molecule has 124 valence electrons. The van der Waals surface area contributed by atoms with E-state index in [4.69, 9.17) is 10.3 Å². The Balaban J connectivity index is 2.14. The van der Waals surface area contributed by atoms with E-state index in [1.54, 1.807) is 13.8 Å². The van der Waals surface area contributed by atoms with E-state index in [1.165, 1.54) is 12.1 Å². The van der Waals surface area contributed by atoms with Gasteiger partial charge in [0.1, 0.15) is 23.0 Å². The van der Waals surface area contributed by atoms with Crippen LogP contribution in [0, 0.1) is 19.7 Å². The van der Waals surface area contributed by atoms with Crippen LogP contribution in [0.4, 0.5) is 4.39 Å². The third-order valence-electron chi connectivity index (χ3n) is 3.77. The molecular formula is C16H15FN4O3. The Kier molecular flexibility index (Phi) is 3.80. The number of H-pyrrole nitrogens is 1. The standard InChI is InChI=1S/C16H15FN4O3/c1-7-13(8(2)24-21-7)14-12(19-20-15(14)16(18)23)5-9-3-4-10(22)6-11(9)17/h3-4,6,22H,5H2,1-2H3,(H2,18,23)(H,19,20). The number of nitrogens with two attached hydrogens (primary N) is 1. The van der Waals surface area contributed by atoms with Crippen LogP contribution in [-0.2, 0) is 6.42 Å². The number of amides is 1. The Morgan fingerprint density at radius 1 is 1.38 bits per heavy atom. The van der Waals surface area contributed by atoms with Crippen LogP contribution in [0.5, 0.6) is 5.75 Å². The number of phenolic OH excluding ortho intramolecular Hbond substituents is 1. The molecule has 0 aliphatic rings. The smallest absolute Gasteiger partial charge is 0.267 e. The zero-order valence-electron chi connectivity index (χ0n) is 13.1. The normalized spacial score (nSPS) is 11.0. The number of carbonyl (C=O) groups is 1. The molecule has 2 aromatic heterocycles. The van der Waals surface area contributed by atoms with Crippen LogP contribution < -0.4 is 5.73 Å². The van der Waals surface area contributed by atoms with Crippen molar-refractivity contribution >= 4 is 5.91 Å². The van der Waals surface area contributed by atoms with Crippen LogP contribution in [-0.4, -0.2) is 26.4 Å². The summed E-state index contributed by atoms with van der Waals surface area (Å²) in [7, 11) is 0. The number of halogens is 1. The summed E-state index contributed by atoms with van der Waals surface area (Å²) in [6.07, 6.45) is 0.106. The second-order valence-electron chi connectivity index (χ2n) is 5.44. The van der Waals surface area contributed by atoms with Crippen LogP contribution >= 0.6 is 0 Å². The summed E-state index contributed by atoms with van der Waals surface area (Å²) in [5.41, 5.74) is 7.90. The lowest BCUT2D eigenvalue weighted by Crippen LogP contribution is -2.13. The van der Waals surface area contributed by atoms with E-state index in [0.717, 1.165) is 6.07 Å². The highest BCUT2D eigenvalue weighted by Crippen LogP contribution is 2.33. The zero-order valence-corrected chi connectivity index (χ0v) is 13.1. The highest BCUT2D eigenvalue weighted by molar-refractivity contribution is 5.99. The predicted octanol–water partition coefficient (Wildman–Crippen LogP) is 2.22. The first-order valence-corrected chi connectivity index (χ1v) is 7.16. The largest absolute Gasteiger partial charge is 0.508 e. The van der Waals surface area contributed by atoms with Gasteiger partial charge in [0.25, 0.3) is 5.91 Å². The molecule has 2 heterocycles. The van der Waals surface area contributed by atoms with E-state index in [9.17, 15) is 14.3 Å². The van der Waals surface area contributed by atoms with Gasteiger partial charge in [-0.05, 0) is 25.5 Å². The lowest BCUT2D eigenvalue weighted by Gasteiger charge is -2.06. The number of nitrogens with zero attached hydrogens (tertiary/aromatic N) is 2. The number of carbonyl (C=O) groups excluding carboxylic acids is 1. The molecule has 0 saturated heterocycles. The number of phenols is 1. The molecule has 0 radical (unpaired) electrons. The van der Waals surface area contributed by atoms with E-state index in [2.05, 4.69) is 15.4 Å². The Morgan fingerprint density at radius 3 is 2.71 bits per heavy atom. The fourth-order valence-corrected chi connectivity index (χ4v) is 2.65. The van der Waals surface area contributed by atoms with Gasteiger partial charge in [0.05, 0.1) is 17.0 Å². The van der Waals surface area contributed by atoms with Crippen molar-refractivity contribution in [1.82, 2.24) is 15.4 Å². The van der Waals surface area contributed by atoms with Gasteiger partial charge in [-0.2, -0.15) is 5.10 Å². The fraction of sp³-hybridized carbons (Fsp3) is 0.188. The lowest BCUT2D eigenvalue weighted by atomic mass is 9.97. The number of hydrogen-bond acceptors (Lipinski definition) is 5. The SMILES string of the molecule is Cc1noc(C)c1-c1c(Cc2ccc(O)cc2F)n[nH]c1C(N)=O. The molecule has 0 aliphatic carbocycles. The molecule has 0 spiro atoms. The molecule has 1 aromatic carbocycles. The molecule has 3 aromatic rings. The maximum absolute atomic E-state index is 14.0. The molecule has 0 fully saturated rings. The van der Waals surface area contributed by atoms with Crippen molar-refractivity contribution in [1.29, 1.82) is 0 Å². The van der Waals surface area contributed by atoms with Gasteiger partial charge in [-0.1, -0.05) is 11.2 Å². The summed E-state index contributed by atoms with van der Waals surface area (Å²) >= 11 is 0. The summed E-state index contributed by atoms with van der Waals surface area (Å²) in [6, 6.07) is 3.86. The van der Waals surface area contributed by atoms with E-state index in [1.807, 2.05) is 0 Å². The summed E-state index contributed by atoms with van der Waals surface area (Å²) < 4.78 is 19.2. The van der Waals surface area contributed by atoms with Gasteiger partial charge in [-0.3, -0.25) is 9.89 Å². The summed E-state index contributed by atoms with van der Waals surface area (Å²) in [4.78, 5) is 11.7. The number of rotatable bonds is 4. The molecule has 8 heteroatoms. The highest BCUT2D eigenvalue weighted by Gasteiger charge is 2.25. The molecule has 0 unspecified atom stereocenters. The molecule has 0 saturated carbocycles. The zero-order chi connectivity index (χ0) is 17.4. The maximum atomic E-state index is 14.0. The maximum Gasteiger partial charge on any atom is 0.267 e. The first-order valence-electron chi connectivity index (χ1n) is 7.16. The minimum absolute atomic E-state index is 0.106. The first-order chi connectivity index (χ1) is 11.4.